The van der Waals surface area contributed by atoms with Crippen molar-refractivity contribution in [2.24, 2.45) is 0 Å². The van der Waals surface area contributed by atoms with Gasteiger partial charge in [-0.1, -0.05) is 176 Å². The van der Waals surface area contributed by atoms with Crippen LogP contribution < -0.4 is 4.90 Å². The second-order valence-corrected chi connectivity index (χ2v) is 14.9. The van der Waals surface area contributed by atoms with Crippen LogP contribution in [0.5, 0.6) is 0 Å². The summed E-state index contributed by atoms with van der Waals surface area (Å²) in [6.07, 6.45) is 0. The fraction of sp³-hybridized carbons (Fsp3) is 0. The van der Waals surface area contributed by atoms with E-state index in [0.717, 1.165) is 22.7 Å². The third-order valence-electron chi connectivity index (χ3n) is 11.6. The SMILES string of the molecule is c1ccc(-c2cccc3cccc(-c4ccc(N(c5ccc(-c6cccc(-n7c8ccccc8c8ccccc87)c6)cc5)c5cccc6ccccc56)cc4)c23)cc1. The Balaban J connectivity index is 1.00. The number of hydrogen-bond acceptors (Lipinski definition) is 1. The van der Waals surface area contributed by atoms with Crippen molar-refractivity contribution in [2.75, 3.05) is 4.90 Å². The zero-order valence-corrected chi connectivity index (χ0v) is 31.8. The monoisotopic (exact) mass is 738 g/mol. The van der Waals surface area contributed by atoms with Crippen molar-refractivity contribution in [3.8, 4) is 39.1 Å². The van der Waals surface area contributed by atoms with Crippen molar-refractivity contribution in [2.45, 2.75) is 0 Å². The molecule has 11 rings (SSSR count). The van der Waals surface area contributed by atoms with Gasteiger partial charge in [0.2, 0.25) is 0 Å². The molecule has 2 nitrogen and oxygen atoms in total. The van der Waals surface area contributed by atoms with Crippen molar-refractivity contribution in [3.05, 3.63) is 231 Å². The van der Waals surface area contributed by atoms with E-state index in [1.807, 2.05) is 0 Å². The molecule has 0 saturated carbocycles. The van der Waals surface area contributed by atoms with Gasteiger partial charge in [-0.15, -0.1) is 0 Å². The lowest BCUT2D eigenvalue weighted by atomic mass is 9.91. The van der Waals surface area contributed by atoms with Crippen LogP contribution in [0.3, 0.4) is 0 Å². The smallest absolute Gasteiger partial charge is 0.0541 e. The van der Waals surface area contributed by atoms with Crippen LogP contribution in [-0.2, 0) is 0 Å². The lowest BCUT2D eigenvalue weighted by Gasteiger charge is -2.27. The molecule has 58 heavy (non-hydrogen) atoms. The normalized spacial score (nSPS) is 11.4. The summed E-state index contributed by atoms with van der Waals surface area (Å²) >= 11 is 0. The van der Waals surface area contributed by atoms with Gasteiger partial charge < -0.3 is 9.47 Å². The van der Waals surface area contributed by atoms with Crippen LogP contribution in [0.1, 0.15) is 0 Å². The summed E-state index contributed by atoms with van der Waals surface area (Å²) < 4.78 is 2.38. The van der Waals surface area contributed by atoms with Gasteiger partial charge in [-0.2, -0.15) is 0 Å². The number of aromatic nitrogens is 1. The standard InChI is InChI=1S/C56H38N2/c1-2-14-41(15-3-1)49-25-11-18-43-19-12-26-50(56(43)49)42-32-36-46(37-33-42)57(53-29-13-17-40-16-4-5-22-48(40)53)45-34-30-39(31-35-45)44-20-10-21-47(38-44)58-54-27-8-6-23-51(54)52-24-7-9-28-55(52)58/h1-38H. The molecule has 0 aliphatic rings. The van der Waals surface area contributed by atoms with Crippen LogP contribution in [-0.4, -0.2) is 4.57 Å². The zero-order valence-electron chi connectivity index (χ0n) is 31.8. The molecule has 0 unspecified atom stereocenters. The van der Waals surface area contributed by atoms with Crippen LogP contribution in [0.25, 0.3) is 82.4 Å². The average molecular weight is 739 g/mol. The molecule has 0 N–H and O–H groups in total. The Bertz CT molecular complexity index is 3200. The van der Waals surface area contributed by atoms with Gasteiger partial charge in [0.05, 0.1) is 16.7 Å². The lowest BCUT2D eigenvalue weighted by molar-refractivity contribution is 1.18. The molecule has 0 amide bonds. The number of anilines is 3. The summed E-state index contributed by atoms with van der Waals surface area (Å²) in [5.41, 5.74) is 14.2. The largest absolute Gasteiger partial charge is 0.310 e. The van der Waals surface area contributed by atoms with E-state index in [-0.39, 0.29) is 0 Å². The van der Waals surface area contributed by atoms with E-state index in [2.05, 4.69) is 240 Å². The number of para-hydroxylation sites is 2. The van der Waals surface area contributed by atoms with Gasteiger partial charge in [-0.05, 0) is 104 Å². The summed E-state index contributed by atoms with van der Waals surface area (Å²) in [6.45, 7) is 0. The molecule has 272 valence electrons. The molecule has 0 spiro atoms. The van der Waals surface area contributed by atoms with E-state index < -0.39 is 0 Å². The number of hydrogen-bond donors (Lipinski definition) is 0. The minimum Gasteiger partial charge on any atom is -0.310 e. The van der Waals surface area contributed by atoms with E-state index >= 15 is 0 Å². The third kappa shape index (κ3) is 5.74. The van der Waals surface area contributed by atoms with E-state index in [4.69, 9.17) is 0 Å². The number of nitrogens with zero attached hydrogens (tertiary/aromatic N) is 2. The Labute approximate surface area is 338 Å². The van der Waals surface area contributed by atoms with Crippen LogP contribution in [0.2, 0.25) is 0 Å². The first-order valence-electron chi connectivity index (χ1n) is 19.9. The highest BCUT2D eigenvalue weighted by Crippen LogP contribution is 2.42. The molecule has 11 aromatic rings. The maximum Gasteiger partial charge on any atom is 0.0541 e. The van der Waals surface area contributed by atoms with Crippen molar-refractivity contribution in [1.29, 1.82) is 0 Å². The minimum atomic E-state index is 1.10. The molecule has 0 radical (unpaired) electrons. The maximum atomic E-state index is 2.39. The highest BCUT2D eigenvalue weighted by molar-refractivity contribution is 6.09. The first-order chi connectivity index (χ1) is 28.8. The lowest BCUT2D eigenvalue weighted by Crippen LogP contribution is -2.10. The highest BCUT2D eigenvalue weighted by atomic mass is 15.1. The van der Waals surface area contributed by atoms with E-state index in [0.29, 0.717) is 0 Å². The van der Waals surface area contributed by atoms with Crippen molar-refractivity contribution >= 4 is 60.4 Å². The molecule has 1 aromatic heterocycles. The first kappa shape index (κ1) is 33.6. The fourth-order valence-corrected chi connectivity index (χ4v) is 8.89. The predicted octanol–water partition coefficient (Wildman–Crippen LogP) is 15.6. The number of fused-ring (bicyclic) bond motifs is 5. The van der Waals surface area contributed by atoms with Crippen LogP contribution >= 0.6 is 0 Å². The third-order valence-corrected chi connectivity index (χ3v) is 11.6. The Morgan fingerprint density at radius 3 is 1.47 bits per heavy atom. The Hall–Kier alpha value is -7.68. The summed E-state index contributed by atoms with van der Waals surface area (Å²) in [5, 5.41) is 7.46. The van der Waals surface area contributed by atoms with E-state index in [1.165, 1.54) is 76.7 Å². The average Bonchev–Trinajstić information content (AvgIpc) is 3.64. The molecule has 0 bridgehead atoms. The quantitative estimate of drug-likeness (QED) is 0.158. The molecular weight excluding hydrogens is 701 g/mol. The summed E-state index contributed by atoms with van der Waals surface area (Å²) in [4.78, 5) is 2.39. The minimum absolute atomic E-state index is 1.10. The van der Waals surface area contributed by atoms with Gasteiger partial charge in [0.1, 0.15) is 0 Å². The van der Waals surface area contributed by atoms with Crippen LogP contribution in [0.15, 0.2) is 231 Å². The summed E-state index contributed by atoms with van der Waals surface area (Å²) in [6, 6.07) is 83.6. The molecule has 1 heterocycles. The fourth-order valence-electron chi connectivity index (χ4n) is 8.89. The molecule has 2 heteroatoms. The molecule has 0 fully saturated rings. The van der Waals surface area contributed by atoms with Gasteiger partial charge in [-0.3, -0.25) is 0 Å². The first-order valence-corrected chi connectivity index (χ1v) is 19.9. The van der Waals surface area contributed by atoms with Gasteiger partial charge in [0, 0.05) is 33.2 Å². The van der Waals surface area contributed by atoms with Gasteiger partial charge >= 0.3 is 0 Å². The Morgan fingerprint density at radius 1 is 0.310 bits per heavy atom. The Kier molecular flexibility index (Phi) is 8.19. The predicted molar refractivity (Wildman–Crippen MR) is 247 cm³/mol. The van der Waals surface area contributed by atoms with Crippen LogP contribution in [0, 0.1) is 0 Å². The molecule has 0 atom stereocenters. The maximum absolute atomic E-state index is 2.39. The van der Waals surface area contributed by atoms with E-state index in [9.17, 15) is 0 Å². The van der Waals surface area contributed by atoms with Gasteiger partial charge in [-0.25, -0.2) is 0 Å². The van der Waals surface area contributed by atoms with Crippen molar-refractivity contribution < 1.29 is 0 Å². The topological polar surface area (TPSA) is 8.17 Å². The second-order valence-electron chi connectivity index (χ2n) is 14.9. The van der Waals surface area contributed by atoms with Crippen LogP contribution in [0.4, 0.5) is 17.1 Å². The second kappa shape index (κ2) is 14.1. The molecular formula is C56H38N2. The van der Waals surface area contributed by atoms with Gasteiger partial charge in [0.25, 0.3) is 0 Å². The molecule has 0 aliphatic carbocycles. The zero-order chi connectivity index (χ0) is 38.4. The molecule has 0 aliphatic heterocycles. The summed E-state index contributed by atoms with van der Waals surface area (Å²) in [5.74, 6) is 0. The summed E-state index contributed by atoms with van der Waals surface area (Å²) in [7, 11) is 0. The van der Waals surface area contributed by atoms with Gasteiger partial charge in [0.15, 0.2) is 0 Å². The Morgan fingerprint density at radius 2 is 0.793 bits per heavy atom. The number of rotatable bonds is 7. The van der Waals surface area contributed by atoms with E-state index in [1.54, 1.807) is 0 Å². The molecule has 10 aromatic carbocycles. The molecule has 0 saturated heterocycles. The van der Waals surface area contributed by atoms with Crippen molar-refractivity contribution in [3.63, 3.8) is 0 Å². The highest BCUT2D eigenvalue weighted by Gasteiger charge is 2.18. The van der Waals surface area contributed by atoms with Crippen molar-refractivity contribution in [1.82, 2.24) is 4.57 Å². The number of benzene rings is 10.